The van der Waals surface area contributed by atoms with Gasteiger partial charge < -0.3 is 0 Å². The maximum Gasteiger partial charge on any atom is -0.00103 e. The second-order valence-corrected chi connectivity index (χ2v) is 10.8. The van der Waals surface area contributed by atoms with Crippen molar-refractivity contribution in [2.24, 2.45) is 0 Å². The van der Waals surface area contributed by atoms with Gasteiger partial charge in [0.25, 0.3) is 0 Å². The van der Waals surface area contributed by atoms with Crippen molar-refractivity contribution >= 4 is 0 Å². The third kappa shape index (κ3) is 3.28. The molecule has 0 amide bonds. The molecule has 0 aliphatic heterocycles. The van der Waals surface area contributed by atoms with Crippen LogP contribution < -0.4 is 0 Å². The largest absolute Gasteiger partial charge is 0.0804 e. The zero-order valence-corrected chi connectivity index (χ0v) is 18.7. The maximum absolute atomic E-state index is 2.48. The lowest BCUT2D eigenvalue weighted by Crippen LogP contribution is -2.17. The van der Waals surface area contributed by atoms with E-state index in [-0.39, 0.29) is 10.8 Å². The minimum absolute atomic E-state index is 0.160. The summed E-state index contributed by atoms with van der Waals surface area (Å²) in [6.45, 7) is 16.3. The topological polar surface area (TPSA) is 0 Å². The Morgan fingerprint density at radius 2 is 1.68 bits per heavy atom. The first-order chi connectivity index (χ1) is 13.1. The fourth-order valence-electron chi connectivity index (χ4n) is 4.86. The van der Waals surface area contributed by atoms with Crippen molar-refractivity contribution in [1.29, 1.82) is 0 Å². The Hall–Kier alpha value is -2.08. The van der Waals surface area contributed by atoms with Gasteiger partial charge in [0, 0.05) is 0 Å². The Bertz CT molecular complexity index is 998. The lowest BCUT2D eigenvalue weighted by Gasteiger charge is -2.27. The number of fused-ring (bicyclic) bond motifs is 3. The van der Waals surface area contributed by atoms with Gasteiger partial charge in [-0.15, -0.1) is 0 Å². The molecule has 28 heavy (non-hydrogen) atoms. The number of rotatable bonds is 2. The summed E-state index contributed by atoms with van der Waals surface area (Å²) in [5.41, 5.74) is 13.9. The summed E-state index contributed by atoms with van der Waals surface area (Å²) < 4.78 is 0. The molecular weight excluding hydrogens is 336 g/mol. The summed E-state index contributed by atoms with van der Waals surface area (Å²) in [7, 11) is 0. The summed E-state index contributed by atoms with van der Waals surface area (Å²) >= 11 is 0. The molecule has 0 unspecified atom stereocenters. The third-order valence-corrected chi connectivity index (χ3v) is 6.41. The van der Waals surface area contributed by atoms with E-state index in [4.69, 9.17) is 0 Å². The van der Waals surface area contributed by atoms with Gasteiger partial charge in [0.05, 0.1) is 0 Å². The van der Waals surface area contributed by atoms with Gasteiger partial charge in [0.1, 0.15) is 0 Å². The lowest BCUT2D eigenvalue weighted by atomic mass is 9.77. The van der Waals surface area contributed by atoms with E-state index in [9.17, 15) is 0 Å². The second-order valence-electron chi connectivity index (χ2n) is 10.8. The Morgan fingerprint density at radius 3 is 2.29 bits per heavy atom. The molecule has 0 heterocycles. The molecule has 2 aromatic carbocycles. The number of aryl methyl sites for hydroxylation is 1. The van der Waals surface area contributed by atoms with Gasteiger partial charge in [-0.1, -0.05) is 89.6 Å². The van der Waals surface area contributed by atoms with Crippen LogP contribution in [0.3, 0.4) is 0 Å². The quantitative estimate of drug-likeness (QED) is 0.436. The molecule has 0 N–H and O–H groups in total. The molecule has 0 saturated heterocycles. The smallest absolute Gasteiger partial charge is 0.00103 e. The van der Waals surface area contributed by atoms with Gasteiger partial charge >= 0.3 is 0 Å². The number of allylic oxidation sites excluding steroid dienone is 4. The lowest BCUT2D eigenvalue weighted by molar-refractivity contribution is 0.582. The van der Waals surface area contributed by atoms with E-state index in [1.165, 1.54) is 33.4 Å². The molecular formula is C28H34. The Balaban J connectivity index is 1.89. The zero-order chi connectivity index (χ0) is 20.3. The summed E-state index contributed by atoms with van der Waals surface area (Å²) in [5, 5.41) is 0. The summed E-state index contributed by atoms with van der Waals surface area (Å²) in [4.78, 5) is 0. The Kier molecular flexibility index (Phi) is 4.45. The zero-order valence-electron chi connectivity index (χ0n) is 18.7. The van der Waals surface area contributed by atoms with Gasteiger partial charge in [-0.3, -0.25) is 0 Å². The summed E-state index contributed by atoms with van der Waals surface area (Å²) in [6.07, 6.45) is 10.1. The van der Waals surface area contributed by atoms with Gasteiger partial charge in [0.15, 0.2) is 0 Å². The number of hydrogen-bond acceptors (Lipinski definition) is 0. The molecule has 0 saturated carbocycles. The third-order valence-electron chi connectivity index (χ3n) is 6.41. The first kappa shape index (κ1) is 19.2. The van der Waals surface area contributed by atoms with Gasteiger partial charge in [-0.05, 0) is 81.5 Å². The van der Waals surface area contributed by atoms with Crippen LogP contribution in [-0.4, -0.2) is 0 Å². The molecule has 2 aliphatic carbocycles. The van der Waals surface area contributed by atoms with Crippen LogP contribution in [-0.2, 0) is 23.7 Å². The highest BCUT2D eigenvalue weighted by Crippen LogP contribution is 2.46. The first-order valence-electron chi connectivity index (χ1n) is 10.7. The Labute approximate surface area is 171 Å². The van der Waals surface area contributed by atoms with Crippen LogP contribution in [0.25, 0.3) is 11.1 Å². The highest BCUT2D eigenvalue weighted by atomic mass is 14.3. The van der Waals surface area contributed by atoms with Crippen LogP contribution in [0.15, 0.2) is 48.1 Å². The predicted octanol–water partition coefficient (Wildman–Crippen LogP) is 7.59. The predicted molar refractivity (Wildman–Crippen MR) is 122 cm³/mol. The molecule has 4 rings (SSSR count). The molecule has 0 atom stereocenters. The Morgan fingerprint density at radius 1 is 0.929 bits per heavy atom. The average molecular weight is 371 g/mol. The number of hydrogen-bond donors (Lipinski definition) is 0. The molecule has 0 aromatic heterocycles. The van der Waals surface area contributed by atoms with Crippen molar-refractivity contribution in [3.8, 4) is 11.1 Å². The molecule has 0 nitrogen and oxygen atoms in total. The maximum atomic E-state index is 2.48. The van der Waals surface area contributed by atoms with Crippen LogP contribution in [0, 0.1) is 6.92 Å². The minimum Gasteiger partial charge on any atom is -0.0804 e. The monoisotopic (exact) mass is 370 g/mol. The van der Waals surface area contributed by atoms with Crippen LogP contribution in [0.2, 0.25) is 0 Å². The van der Waals surface area contributed by atoms with Crippen LogP contribution >= 0.6 is 0 Å². The van der Waals surface area contributed by atoms with E-state index in [0.29, 0.717) is 0 Å². The van der Waals surface area contributed by atoms with Crippen molar-refractivity contribution in [2.75, 3.05) is 0 Å². The van der Waals surface area contributed by atoms with Crippen LogP contribution in [0.1, 0.15) is 81.3 Å². The standard InChI is InChI=1S/C28H34/c1-18-14-25(28(5,6)7)23(15-19-10-8-9-11-19)24-17-20-16-21(27(2,3)4)12-13-22(20)26(18)24/h8-10,12-14,16H,11,15,17H2,1-7H3. The van der Waals surface area contributed by atoms with E-state index < -0.39 is 0 Å². The van der Waals surface area contributed by atoms with E-state index in [1.807, 2.05) is 0 Å². The fraction of sp³-hybridized carbons (Fsp3) is 0.429. The molecule has 0 heteroatoms. The molecule has 2 aliphatic rings. The van der Waals surface area contributed by atoms with Gasteiger partial charge in [-0.25, -0.2) is 0 Å². The highest BCUT2D eigenvalue weighted by Gasteiger charge is 2.30. The van der Waals surface area contributed by atoms with Gasteiger partial charge in [0.2, 0.25) is 0 Å². The molecule has 0 radical (unpaired) electrons. The van der Waals surface area contributed by atoms with E-state index in [0.717, 1.165) is 19.3 Å². The van der Waals surface area contributed by atoms with Crippen molar-refractivity contribution in [1.82, 2.24) is 0 Å². The van der Waals surface area contributed by atoms with Crippen molar-refractivity contribution < 1.29 is 0 Å². The normalized spacial score (nSPS) is 15.6. The molecule has 0 bridgehead atoms. The second kappa shape index (κ2) is 6.48. The van der Waals surface area contributed by atoms with E-state index >= 15 is 0 Å². The first-order valence-corrected chi connectivity index (χ1v) is 10.7. The van der Waals surface area contributed by atoms with E-state index in [2.05, 4.69) is 91.0 Å². The molecule has 0 fully saturated rings. The van der Waals surface area contributed by atoms with Crippen molar-refractivity contribution in [2.45, 2.75) is 78.6 Å². The minimum atomic E-state index is 0.160. The van der Waals surface area contributed by atoms with Crippen LogP contribution in [0.5, 0.6) is 0 Å². The summed E-state index contributed by atoms with van der Waals surface area (Å²) in [6, 6.07) is 9.66. The summed E-state index contributed by atoms with van der Waals surface area (Å²) in [5.74, 6) is 0. The highest BCUT2D eigenvalue weighted by molar-refractivity contribution is 5.82. The van der Waals surface area contributed by atoms with Crippen molar-refractivity contribution in [3.63, 3.8) is 0 Å². The molecule has 0 spiro atoms. The van der Waals surface area contributed by atoms with Crippen molar-refractivity contribution in [3.05, 3.63) is 81.4 Å². The van der Waals surface area contributed by atoms with Gasteiger partial charge in [-0.2, -0.15) is 0 Å². The number of benzene rings is 2. The molecule has 146 valence electrons. The SMILES string of the molecule is Cc1cc(C(C)(C)C)c(CC2=CC=CC2)c2c1-c1ccc(C(C)(C)C)cc1C2. The van der Waals surface area contributed by atoms with E-state index in [1.54, 1.807) is 16.7 Å². The van der Waals surface area contributed by atoms with Crippen LogP contribution in [0.4, 0.5) is 0 Å². The average Bonchev–Trinajstić information content (AvgIpc) is 3.22. The molecule has 2 aromatic rings. The fourth-order valence-corrected chi connectivity index (χ4v) is 4.86.